The largest absolute Gasteiger partial charge is 0.480 e. The highest BCUT2D eigenvalue weighted by molar-refractivity contribution is 7.98. The number of benzene rings is 1. The highest BCUT2D eigenvalue weighted by Crippen LogP contribution is 2.41. The molecule has 0 spiro atoms. The molecule has 5 nitrogen and oxygen atoms in total. The summed E-state index contributed by atoms with van der Waals surface area (Å²) in [5.41, 5.74) is 3.45. The summed E-state index contributed by atoms with van der Waals surface area (Å²) in [6, 6.07) is 14.7. The van der Waals surface area contributed by atoms with Gasteiger partial charge >= 0.3 is 5.97 Å². The van der Waals surface area contributed by atoms with Crippen LogP contribution in [0.15, 0.2) is 52.9 Å². The number of nitrogens with zero attached hydrogens (tertiary/aromatic N) is 2. The van der Waals surface area contributed by atoms with Crippen LogP contribution in [0, 0.1) is 11.8 Å². The van der Waals surface area contributed by atoms with Crippen LogP contribution in [-0.4, -0.2) is 40.3 Å². The van der Waals surface area contributed by atoms with E-state index in [2.05, 4.69) is 52.7 Å². The minimum Gasteiger partial charge on any atom is -0.480 e. The Labute approximate surface area is 191 Å². The van der Waals surface area contributed by atoms with Crippen LogP contribution in [0.4, 0.5) is 0 Å². The fourth-order valence-electron chi connectivity index (χ4n) is 4.36. The van der Waals surface area contributed by atoms with Gasteiger partial charge in [0.25, 0.3) is 0 Å². The minimum atomic E-state index is -0.896. The lowest BCUT2D eigenvalue weighted by atomic mass is 9.82. The first kappa shape index (κ1) is 22.1. The molecule has 0 amide bonds. The number of hydrogen-bond donors (Lipinski definition) is 1. The molecule has 2 aromatic heterocycles. The molecule has 1 saturated carbocycles. The lowest BCUT2D eigenvalue weighted by molar-refractivity contribution is -0.142. The summed E-state index contributed by atoms with van der Waals surface area (Å²) >= 11 is 3.53. The summed E-state index contributed by atoms with van der Waals surface area (Å²) in [7, 11) is 0. The van der Waals surface area contributed by atoms with Crippen molar-refractivity contribution in [3.05, 3.63) is 47.8 Å². The van der Waals surface area contributed by atoms with Gasteiger partial charge in [-0.3, -0.25) is 4.68 Å². The highest BCUT2D eigenvalue weighted by atomic mass is 32.2. The third-order valence-electron chi connectivity index (χ3n) is 5.89. The summed E-state index contributed by atoms with van der Waals surface area (Å²) in [5.74, 6) is 0.156. The zero-order chi connectivity index (χ0) is 21.6. The van der Waals surface area contributed by atoms with Crippen molar-refractivity contribution in [2.75, 3.05) is 19.5 Å². The topological polar surface area (TPSA) is 64.4 Å². The molecule has 1 aliphatic carbocycles. The van der Waals surface area contributed by atoms with Crippen LogP contribution in [0.1, 0.15) is 25.7 Å². The third-order valence-corrected chi connectivity index (χ3v) is 7.58. The Morgan fingerprint density at radius 2 is 1.90 bits per heavy atom. The number of thioether (sulfide) groups is 1. The van der Waals surface area contributed by atoms with Gasteiger partial charge in [-0.05, 0) is 55.2 Å². The number of rotatable bonds is 9. The maximum Gasteiger partial charge on any atom is 0.329 e. The number of carboxylic acids is 1. The molecule has 164 valence electrons. The van der Waals surface area contributed by atoms with E-state index in [1.807, 2.05) is 6.07 Å². The summed E-state index contributed by atoms with van der Waals surface area (Å²) in [4.78, 5) is 11.9. The predicted molar refractivity (Wildman–Crippen MR) is 127 cm³/mol. The second kappa shape index (κ2) is 10.5. The van der Waals surface area contributed by atoms with Crippen molar-refractivity contribution in [3.63, 3.8) is 0 Å². The van der Waals surface area contributed by atoms with Crippen molar-refractivity contribution in [2.45, 2.75) is 37.3 Å². The SMILES string of the molecule is CSc1c(-c2cccs2)c(-c2ccccc2)nn1C[C@H]1CC[C@H](COCC(=O)O)CC1. The molecule has 0 atom stereocenters. The molecule has 31 heavy (non-hydrogen) atoms. The first-order chi connectivity index (χ1) is 15.2. The second-order valence-electron chi connectivity index (χ2n) is 8.05. The normalized spacial score (nSPS) is 18.9. The van der Waals surface area contributed by atoms with E-state index in [0.29, 0.717) is 18.4 Å². The lowest BCUT2D eigenvalue weighted by Crippen LogP contribution is -2.23. The molecule has 2 heterocycles. The molecule has 0 unspecified atom stereocenters. The molecule has 0 bridgehead atoms. The van der Waals surface area contributed by atoms with Crippen molar-refractivity contribution in [1.29, 1.82) is 0 Å². The lowest BCUT2D eigenvalue weighted by Gasteiger charge is -2.28. The first-order valence-corrected chi connectivity index (χ1v) is 12.8. The molecule has 4 rings (SSSR count). The van der Waals surface area contributed by atoms with Crippen LogP contribution in [0.25, 0.3) is 21.7 Å². The van der Waals surface area contributed by atoms with Gasteiger partial charge in [0.2, 0.25) is 0 Å². The average molecular weight is 457 g/mol. The van der Waals surface area contributed by atoms with Gasteiger partial charge in [-0.1, -0.05) is 36.4 Å². The second-order valence-corrected chi connectivity index (χ2v) is 9.80. The van der Waals surface area contributed by atoms with Gasteiger partial charge in [-0.15, -0.1) is 23.1 Å². The van der Waals surface area contributed by atoms with E-state index >= 15 is 0 Å². The van der Waals surface area contributed by atoms with Crippen LogP contribution in [0.5, 0.6) is 0 Å². The zero-order valence-electron chi connectivity index (χ0n) is 17.7. The zero-order valence-corrected chi connectivity index (χ0v) is 19.3. The van der Waals surface area contributed by atoms with E-state index in [1.165, 1.54) is 15.5 Å². The number of carboxylic acid groups (broad SMARTS) is 1. The Morgan fingerprint density at radius 3 is 2.55 bits per heavy atom. The summed E-state index contributed by atoms with van der Waals surface area (Å²) in [6.45, 7) is 1.28. The number of aliphatic carboxylic acids is 1. The van der Waals surface area contributed by atoms with E-state index < -0.39 is 5.97 Å². The van der Waals surface area contributed by atoms with Gasteiger partial charge in [-0.25, -0.2) is 4.79 Å². The molecular weight excluding hydrogens is 428 g/mol. The number of ether oxygens (including phenoxy) is 1. The molecule has 3 aromatic rings. The van der Waals surface area contributed by atoms with Crippen molar-refractivity contribution in [2.24, 2.45) is 11.8 Å². The molecular formula is C24H28N2O3S2. The Hall–Kier alpha value is -2.09. The van der Waals surface area contributed by atoms with Crippen molar-refractivity contribution in [3.8, 4) is 21.7 Å². The molecule has 1 fully saturated rings. The molecule has 1 aromatic carbocycles. The van der Waals surface area contributed by atoms with Crippen molar-refractivity contribution < 1.29 is 14.6 Å². The predicted octanol–water partition coefficient (Wildman–Crippen LogP) is 5.91. The Bertz CT molecular complexity index is 978. The third kappa shape index (κ3) is 5.40. The number of carbonyl (C=O) groups is 1. The molecule has 0 saturated heterocycles. The first-order valence-electron chi connectivity index (χ1n) is 10.7. The van der Waals surface area contributed by atoms with E-state index in [-0.39, 0.29) is 6.61 Å². The molecule has 7 heteroatoms. The van der Waals surface area contributed by atoms with Gasteiger partial charge in [0.15, 0.2) is 0 Å². The van der Waals surface area contributed by atoms with Gasteiger partial charge in [0, 0.05) is 17.0 Å². The molecule has 0 radical (unpaired) electrons. The number of hydrogen-bond acceptors (Lipinski definition) is 5. The number of aromatic nitrogens is 2. The Morgan fingerprint density at radius 1 is 1.16 bits per heavy atom. The fraction of sp³-hybridized carbons (Fsp3) is 0.417. The molecule has 0 aliphatic heterocycles. The summed E-state index contributed by atoms with van der Waals surface area (Å²) in [6.07, 6.45) is 6.57. The van der Waals surface area contributed by atoms with E-state index in [4.69, 9.17) is 14.9 Å². The summed E-state index contributed by atoms with van der Waals surface area (Å²) in [5, 5.41) is 17.2. The Balaban J connectivity index is 1.51. The van der Waals surface area contributed by atoms with Crippen LogP contribution >= 0.6 is 23.1 Å². The van der Waals surface area contributed by atoms with Gasteiger partial charge in [-0.2, -0.15) is 5.10 Å². The standard InChI is InChI=1S/C24H28N2O3S2/c1-30-24-22(20-8-5-13-31-20)23(19-6-3-2-4-7-19)25-26(24)14-17-9-11-18(12-10-17)15-29-16-21(27)28/h2-8,13,17-18H,9-12,14-16H2,1H3,(H,27,28)/t17-,18-. The molecule has 1 aliphatic rings. The Kier molecular flexibility index (Phi) is 7.48. The van der Waals surface area contributed by atoms with E-state index in [0.717, 1.165) is 43.5 Å². The van der Waals surface area contributed by atoms with Crippen LogP contribution in [-0.2, 0) is 16.1 Å². The van der Waals surface area contributed by atoms with Gasteiger partial charge in [0.1, 0.15) is 17.3 Å². The van der Waals surface area contributed by atoms with E-state index in [1.54, 1.807) is 23.1 Å². The van der Waals surface area contributed by atoms with Crippen LogP contribution in [0.3, 0.4) is 0 Å². The van der Waals surface area contributed by atoms with Crippen molar-refractivity contribution in [1.82, 2.24) is 9.78 Å². The average Bonchev–Trinajstić information content (AvgIpc) is 3.43. The van der Waals surface area contributed by atoms with Crippen LogP contribution < -0.4 is 0 Å². The smallest absolute Gasteiger partial charge is 0.329 e. The van der Waals surface area contributed by atoms with Gasteiger partial charge in [0.05, 0.1) is 12.2 Å². The van der Waals surface area contributed by atoms with Crippen molar-refractivity contribution >= 4 is 29.1 Å². The minimum absolute atomic E-state index is 0.196. The quantitative estimate of drug-likeness (QED) is 0.406. The maximum absolute atomic E-state index is 10.6. The van der Waals surface area contributed by atoms with E-state index in [9.17, 15) is 4.79 Å². The monoisotopic (exact) mass is 456 g/mol. The van der Waals surface area contributed by atoms with Gasteiger partial charge < -0.3 is 9.84 Å². The number of thiophene rings is 1. The highest BCUT2D eigenvalue weighted by Gasteiger charge is 2.26. The fourth-order valence-corrected chi connectivity index (χ4v) is 5.93. The maximum atomic E-state index is 10.6. The molecule has 1 N–H and O–H groups in total. The summed E-state index contributed by atoms with van der Waals surface area (Å²) < 4.78 is 7.53. The van der Waals surface area contributed by atoms with Crippen LogP contribution in [0.2, 0.25) is 0 Å².